The van der Waals surface area contributed by atoms with Crippen LogP contribution in [-0.4, -0.2) is 24.7 Å². The van der Waals surface area contributed by atoms with Crippen molar-refractivity contribution in [2.45, 2.75) is 34.6 Å². The Kier molecular flexibility index (Phi) is 3.74. The minimum absolute atomic E-state index is 0.177. The maximum atomic E-state index is 12.9. The highest BCUT2D eigenvalue weighted by atomic mass is 32.2. The molecule has 0 spiro atoms. The van der Waals surface area contributed by atoms with Gasteiger partial charge >= 0.3 is 0 Å². The zero-order chi connectivity index (χ0) is 15.9. The smallest absolute Gasteiger partial charge is 0.268 e. The summed E-state index contributed by atoms with van der Waals surface area (Å²) in [5, 5.41) is 0. The first-order valence-electron chi connectivity index (χ1n) is 6.87. The first kappa shape index (κ1) is 15.1. The first-order chi connectivity index (χ1) is 10.4. The number of rotatable bonds is 1. The molecular formula is C16H15NO3S2. The Morgan fingerprint density at radius 1 is 0.955 bits per heavy atom. The molecular weight excluding hydrogens is 318 g/mol. The molecule has 0 unspecified atom stereocenters. The summed E-state index contributed by atoms with van der Waals surface area (Å²) in [5.74, 6) is -0.479. The quantitative estimate of drug-likeness (QED) is 0.803. The second-order valence-corrected chi connectivity index (χ2v) is 8.11. The number of carbonyl (C=O) groups excluding carboxylic acids is 1. The molecule has 0 aromatic heterocycles. The van der Waals surface area contributed by atoms with E-state index in [1.807, 2.05) is 12.1 Å². The van der Waals surface area contributed by atoms with Gasteiger partial charge in [0.05, 0.1) is 5.56 Å². The molecule has 22 heavy (non-hydrogen) atoms. The molecule has 0 saturated carbocycles. The Balaban J connectivity index is 2.34. The van der Waals surface area contributed by atoms with Gasteiger partial charge in [0.25, 0.3) is 15.9 Å². The maximum Gasteiger partial charge on any atom is 0.269 e. The molecule has 2 aromatic carbocycles. The number of benzene rings is 2. The normalized spacial score (nSPS) is 16.7. The lowest BCUT2D eigenvalue weighted by Gasteiger charge is -2.29. The molecule has 0 atom stereocenters. The number of sulfonamides is 1. The van der Waals surface area contributed by atoms with Gasteiger partial charge in [0.15, 0.2) is 0 Å². The molecule has 0 radical (unpaired) electrons. The van der Waals surface area contributed by atoms with Gasteiger partial charge < -0.3 is 0 Å². The molecule has 1 aliphatic heterocycles. The summed E-state index contributed by atoms with van der Waals surface area (Å²) in [6, 6.07) is 13.4. The predicted octanol–water partition coefficient (Wildman–Crippen LogP) is 3.39. The number of hydrogen-bond donors (Lipinski definition) is 0. The predicted molar refractivity (Wildman–Crippen MR) is 85.5 cm³/mol. The molecule has 1 aliphatic rings. The molecule has 1 amide bonds. The Hall–Kier alpha value is -1.79. The third-order valence-electron chi connectivity index (χ3n) is 3.39. The van der Waals surface area contributed by atoms with Crippen LogP contribution in [0.5, 0.6) is 0 Å². The van der Waals surface area contributed by atoms with Crippen LogP contribution in [-0.2, 0) is 10.0 Å². The number of carbonyl (C=O) groups is 1. The summed E-state index contributed by atoms with van der Waals surface area (Å²) >= 11 is 1.31. The fraction of sp³-hybridized carbons (Fsp3) is 0.188. The van der Waals surface area contributed by atoms with Crippen LogP contribution in [0.4, 0.5) is 0 Å². The van der Waals surface area contributed by atoms with E-state index in [0.29, 0.717) is 10.5 Å². The second-order valence-electron chi connectivity index (χ2n) is 5.24. The number of amides is 1. The fourth-order valence-corrected chi connectivity index (χ4v) is 5.51. The van der Waals surface area contributed by atoms with E-state index in [0.717, 1.165) is 9.20 Å². The Morgan fingerprint density at radius 2 is 1.55 bits per heavy atom. The highest BCUT2D eigenvalue weighted by Crippen LogP contribution is 2.39. The van der Waals surface area contributed by atoms with Gasteiger partial charge in [-0.25, -0.2) is 12.7 Å². The Bertz CT molecular complexity index is 844. The molecule has 0 saturated heterocycles. The Morgan fingerprint density at radius 3 is 2.23 bits per heavy atom. The van der Waals surface area contributed by atoms with E-state index in [1.165, 1.54) is 11.8 Å². The minimum Gasteiger partial charge on any atom is -0.268 e. The maximum absolute atomic E-state index is 12.9. The van der Waals surface area contributed by atoms with Gasteiger partial charge in [-0.3, -0.25) is 4.79 Å². The fourth-order valence-electron chi connectivity index (χ4n) is 2.44. The van der Waals surface area contributed by atoms with Gasteiger partial charge in [0.1, 0.15) is 4.90 Å². The molecule has 3 rings (SSSR count). The van der Waals surface area contributed by atoms with Crippen molar-refractivity contribution < 1.29 is 13.2 Å². The van der Waals surface area contributed by atoms with E-state index in [1.54, 1.807) is 50.2 Å². The van der Waals surface area contributed by atoms with Crippen LogP contribution in [0.15, 0.2) is 63.2 Å². The van der Waals surface area contributed by atoms with Gasteiger partial charge in [0.2, 0.25) is 0 Å². The second kappa shape index (κ2) is 5.44. The molecule has 0 aliphatic carbocycles. The molecule has 6 heteroatoms. The molecule has 1 heterocycles. The summed E-state index contributed by atoms with van der Waals surface area (Å²) in [4.78, 5) is 14.4. The van der Waals surface area contributed by atoms with Crippen LogP contribution in [0.3, 0.4) is 0 Å². The van der Waals surface area contributed by atoms with Crippen molar-refractivity contribution >= 4 is 27.7 Å². The van der Waals surface area contributed by atoms with Crippen molar-refractivity contribution in [3.05, 3.63) is 54.1 Å². The average molecular weight is 333 g/mol. The van der Waals surface area contributed by atoms with Gasteiger partial charge in [-0.05, 0) is 38.1 Å². The zero-order valence-corrected chi connectivity index (χ0v) is 13.8. The van der Waals surface area contributed by atoms with Crippen LogP contribution in [0.2, 0.25) is 0 Å². The molecule has 114 valence electrons. The first-order valence-corrected chi connectivity index (χ1v) is 9.13. The molecule has 0 fully saturated rings. The van der Waals surface area contributed by atoms with Gasteiger partial charge in [0, 0.05) is 15.8 Å². The minimum atomic E-state index is -3.87. The SMILES string of the molecule is CC(C)N1C(=O)c2ccccc2Sc2ccccc2S1(=O)=O. The monoisotopic (exact) mass is 333 g/mol. The van der Waals surface area contributed by atoms with Gasteiger partial charge in [-0.2, -0.15) is 0 Å². The van der Waals surface area contributed by atoms with Crippen LogP contribution in [0, 0.1) is 0 Å². The standard InChI is InChI=1S/C16H15NO3S2/c1-11(2)17-16(18)12-7-3-4-8-13(12)21-14-9-5-6-10-15(14)22(17,19)20/h3-11H,1-2H3. The summed E-state index contributed by atoms with van der Waals surface area (Å²) < 4.78 is 26.8. The third kappa shape index (κ3) is 2.32. The van der Waals surface area contributed by atoms with Crippen molar-refractivity contribution in [2.75, 3.05) is 0 Å². The van der Waals surface area contributed by atoms with E-state index >= 15 is 0 Å². The van der Waals surface area contributed by atoms with Crippen molar-refractivity contribution in [2.24, 2.45) is 0 Å². The Labute approximate surface area is 134 Å². The van der Waals surface area contributed by atoms with Crippen molar-refractivity contribution in [1.82, 2.24) is 4.31 Å². The number of nitrogens with zero attached hydrogens (tertiary/aromatic N) is 1. The largest absolute Gasteiger partial charge is 0.269 e. The van der Waals surface area contributed by atoms with Crippen LogP contribution < -0.4 is 0 Å². The topological polar surface area (TPSA) is 54.5 Å². The molecule has 0 bridgehead atoms. The van der Waals surface area contributed by atoms with Crippen molar-refractivity contribution in [3.8, 4) is 0 Å². The lowest BCUT2D eigenvalue weighted by Crippen LogP contribution is -2.42. The van der Waals surface area contributed by atoms with Gasteiger partial charge in [-0.15, -0.1) is 0 Å². The molecule has 0 N–H and O–H groups in total. The van der Waals surface area contributed by atoms with E-state index in [4.69, 9.17) is 0 Å². The lowest BCUT2D eigenvalue weighted by molar-refractivity contribution is 0.0831. The van der Waals surface area contributed by atoms with Crippen LogP contribution >= 0.6 is 11.8 Å². The van der Waals surface area contributed by atoms with E-state index in [9.17, 15) is 13.2 Å². The third-order valence-corrected chi connectivity index (χ3v) is 6.69. The van der Waals surface area contributed by atoms with E-state index < -0.39 is 22.0 Å². The highest BCUT2D eigenvalue weighted by Gasteiger charge is 2.36. The van der Waals surface area contributed by atoms with Crippen molar-refractivity contribution in [3.63, 3.8) is 0 Å². The summed E-state index contributed by atoms with van der Waals surface area (Å²) in [6.45, 7) is 3.41. The summed E-state index contributed by atoms with van der Waals surface area (Å²) in [5.41, 5.74) is 0.416. The van der Waals surface area contributed by atoms with E-state index in [2.05, 4.69) is 0 Å². The number of fused-ring (bicyclic) bond motifs is 2. The summed E-state index contributed by atoms with van der Waals surface area (Å²) in [7, 11) is -3.87. The highest BCUT2D eigenvalue weighted by molar-refractivity contribution is 8.00. The zero-order valence-electron chi connectivity index (χ0n) is 12.2. The molecule has 2 aromatic rings. The summed E-state index contributed by atoms with van der Waals surface area (Å²) in [6.07, 6.45) is 0. The van der Waals surface area contributed by atoms with Crippen molar-refractivity contribution in [1.29, 1.82) is 0 Å². The average Bonchev–Trinajstić information content (AvgIpc) is 2.46. The van der Waals surface area contributed by atoms with E-state index in [-0.39, 0.29) is 4.90 Å². The number of hydrogen-bond acceptors (Lipinski definition) is 4. The molecule has 4 nitrogen and oxygen atoms in total. The van der Waals surface area contributed by atoms with Crippen LogP contribution in [0.1, 0.15) is 24.2 Å². The van der Waals surface area contributed by atoms with Gasteiger partial charge in [-0.1, -0.05) is 36.0 Å². The lowest BCUT2D eigenvalue weighted by atomic mass is 10.2. The van der Waals surface area contributed by atoms with Crippen LogP contribution in [0.25, 0.3) is 0 Å².